The molecule has 1 aliphatic carbocycles. The number of rotatable bonds is 2. The van der Waals surface area contributed by atoms with Crippen LogP contribution in [0.1, 0.15) is 44.9 Å². The highest BCUT2D eigenvalue weighted by Crippen LogP contribution is 2.26. The van der Waals surface area contributed by atoms with Crippen molar-refractivity contribution in [1.82, 2.24) is 16.0 Å². The van der Waals surface area contributed by atoms with Gasteiger partial charge in [-0.25, -0.2) is 4.79 Å². The second-order valence-electron chi connectivity index (χ2n) is 5.73. The molecule has 1 saturated heterocycles. The van der Waals surface area contributed by atoms with E-state index in [1.165, 1.54) is 6.42 Å². The average Bonchev–Trinajstić information content (AvgIpc) is 2.39. The molecule has 2 aliphatic rings. The van der Waals surface area contributed by atoms with Gasteiger partial charge in [0.15, 0.2) is 0 Å². The number of carbonyl (C=O) groups is 1. The monoisotopic (exact) mass is 293 g/mol. The predicted octanol–water partition coefficient (Wildman–Crippen LogP) is 2.30. The minimum Gasteiger partial charge on any atom is -0.335 e. The molecular formula is C13H22F3N3O. The number of hydrogen-bond acceptors (Lipinski definition) is 2. The highest BCUT2D eigenvalue weighted by atomic mass is 19.4. The number of amides is 2. The van der Waals surface area contributed by atoms with Gasteiger partial charge in [0.25, 0.3) is 0 Å². The molecule has 7 heteroatoms. The highest BCUT2D eigenvalue weighted by molar-refractivity contribution is 5.74. The van der Waals surface area contributed by atoms with Crippen molar-refractivity contribution < 1.29 is 18.0 Å². The number of halogens is 3. The summed E-state index contributed by atoms with van der Waals surface area (Å²) in [4.78, 5) is 11.8. The summed E-state index contributed by atoms with van der Waals surface area (Å²) < 4.78 is 37.4. The molecule has 2 unspecified atom stereocenters. The van der Waals surface area contributed by atoms with Crippen molar-refractivity contribution in [3.63, 3.8) is 0 Å². The zero-order valence-electron chi connectivity index (χ0n) is 11.4. The molecule has 4 nitrogen and oxygen atoms in total. The third-order valence-electron chi connectivity index (χ3n) is 4.09. The molecule has 2 rings (SSSR count). The number of piperidine rings is 1. The van der Waals surface area contributed by atoms with E-state index < -0.39 is 12.2 Å². The molecule has 1 aliphatic heterocycles. The third-order valence-corrected chi connectivity index (χ3v) is 4.09. The molecule has 1 heterocycles. The van der Waals surface area contributed by atoms with Crippen molar-refractivity contribution >= 4 is 6.03 Å². The topological polar surface area (TPSA) is 53.2 Å². The summed E-state index contributed by atoms with van der Waals surface area (Å²) in [6, 6.07) is -1.71. The number of nitrogens with one attached hydrogen (secondary N) is 3. The lowest BCUT2D eigenvalue weighted by Gasteiger charge is -2.32. The van der Waals surface area contributed by atoms with Crippen molar-refractivity contribution in [3.8, 4) is 0 Å². The largest absolute Gasteiger partial charge is 0.403 e. The third kappa shape index (κ3) is 4.54. The molecule has 3 N–H and O–H groups in total. The van der Waals surface area contributed by atoms with Crippen LogP contribution in [0.4, 0.5) is 18.0 Å². The van der Waals surface area contributed by atoms with Gasteiger partial charge in [0.1, 0.15) is 6.04 Å². The van der Waals surface area contributed by atoms with Crippen LogP contribution in [0.5, 0.6) is 0 Å². The zero-order valence-corrected chi connectivity index (χ0v) is 11.4. The molecule has 0 radical (unpaired) electrons. The van der Waals surface area contributed by atoms with Crippen LogP contribution >= 0.6 is 0 Å². The van der Waals surface area contributed by atoms with Gasteiger partial charge in [0.2, 0.25) is 0 Å². The maximum Gasteiger partial charge on any atom is 0.403 e. The van der Waals surface area contributed by atoms with E-state index in [0.29, 0.717) is 6.42 Å². The SMILES string of the molecule is O=C(NC1CCCCC1)NC1CCC(C(F)(F)F)NC1. The van der Waals surface area contributed by atoms with Crippen LogP contribution in [0.25, 0.3) is 0 Å². The molecule has 2 atom stereocenters. The number of carbonyl (C=O) groups excluding carboxylic acids is 1. The molecule has 0 bridgehead atoms. The number of alkyl halides is 3. The number of urea groups is 1. The Kier molecular flexibility index (Phi) is 5.12. The summed E-state index contributed by atoms with van der Waals surface area (Å²) in [5.41, 5.74) is 0. The first-order valence-electron chi connectivity index (χ1n) is 7.32. The van der Waals surface area contributed by atoms with Crippen LogP contribution in [-0.2, 0) is 0 Å². The van der Waals surface area contributed by atoms with Gasteiger partial charge >= 0.3 is 12.2 Å². The van der Waals surface area contributed by atoms with Gasteiger partial charge in [-0.15, -0.1) is 0 Å². The standard InChI is InChI=1S/C13H22F3N3O/c14-13(15,16)11-7-6-10(8-17-11)19-12(20)18-9-4-2-1-3-5-9/h9-11,17H,1-8H2,(H2,18,19,20). The Labute approximate surface area is 116 Å². The minimum absolute atomic E-state index is 0.0118. The first-order valence-corrected chi connectivity index (χ1v) is 7.32. The zero-order chi connectivity index (χ0) is 14.6. The van der Waals surface area contributed by atoms with Crippen molar-refractivity contribution in [3.05, 3.63) is 0 Å². The Hall–Kier alpha value is -0.980. The molecule has 2 fully saturated rings. The first kappa shape index (κ1) is 15.4. The summed E-state index contributed by atoms with van der Waals surface area (Å²) >= 11 is 0. The summed E-state index contributed by atoms with van der Waals surface area (Å²) in [6.07, 6.45) is 1.62. The van der Waals surface area contributed by atoms with Gasteiger partial charge in [-0.2, -0.15) is 13.2 Å². The second kappa shape index (κ2) is 6.65. The van der Waals surface area contributed by atoms with E-state index >= 15 is 0 Å². The fourth-order valence-electron chi connectivity index (χ4n) is 2.92. The second-order valence-corrected chi connectivity index (χ2v) is 5.73. The Balaban J connectivity index is 1.68. The Bertz CT molecular complexity index is 321. The minimum atomic E-state index is -4.20. The molecule has 0 aromatic rings. The first-order chi connectivity index (χ1) is 9.45. The van der Waals surface area contributed by atoms with Gasteiger partial charge in [0, 0.05) is 18.6 Å². The Morgan fingerprint density at radius 1 is 0.950 bits per heavy atom. The fraction of sp³-hybridized carbons (Fsp3) is 0.923. The van der Waals surface area contributed by atoms with Crippen LogP contribution in [0, 0.1) is 0 Å². The van der Waals surface area contributed by atoms with E-state index in [1.54, 1.807) is 0 Å². The molecule has 1 saturated carbocycles. The summed E-state index contributed by atoms with van der Waals surface area (Å²) in [5.74, 6) is 0. The van der Waals surface area contributed by atoms with Crippen molar-refractivity contribution in [2.45, 2.75) is 69.2 Å². The fourth-order valence-corrected chi connectivity index (χ4v) is 2.92. The van der Waals surface area contributed by atoms with Gasteiger partial charge in [-0.05, 0) is 25.7 Å². The summed E-state index contributed by atoms with van der Waals surface area (Å²) in [5, 5.41) is 8.12. The highest BCUT2D eigenvalue weighted by Gasteiger charge is 2.41. The van der Waals surface area contributed by atoms with Gasteiger partial charge in [-0.3, -0.25) is 0 Å². The van der Waals surface area contributed by atoms with E-state index in [2.05, 4.69) is 16.0 Å². The Morgan fingerprint density at radius 3 is 2.15 bits per heavy atom. The van der Waals surface area contributed by atoms with E-state index in [-0.39, 0.29) is 31.1 Å². The van der Waals surface area contributed by atoms with E-state index in [4.69, 9.17) is 0 Å². The van der Waals surface area contributed by atoms with Crippen molar-refractivity contribution in [2.24, 2.45) is 0 Å². The van der Waals surface area contributed by atoms with Crippen LogP contribution in [0.15, 0.2) is 0 Å². The van der Waals surface area contributed by atoms with Gasteiger partial charge < -0.3 is 16.0 Å². The summed E-state index contributed by atoms with van der Waals surface area (Å²) in [6.45, 7) is 0.169. The maximum atomic E-state index is 12.5. The van der Waals surface area contributed by atoms with Crippen LogP contribution < -0.4 is 16.0 Å². The molecular weight excluding hydrogens is 271 g/mol. The van der Waals surface area contributed by atoms with E-state index in [0.717, 1.165) is 25.7 Å². The molecule has 0 aromatic heterocycles. The normalized spacial score (nSPS) is 28.9. The average molecular weight is 293 g/mol. The van der Waals surface area contributed by atoms with Crippen molar-refractivity contribution in [1.29, 1.82) is 0 Å². The molecule has 0 aromatic carbocycles. The van der Waals surface area contributed by atoms with Crippen LogP contribution in [0.3, 0.4) is 0 Å². The molecule has 0 spiro atoms. The molecule has 2 amide bonds. The van der Waals surface area contributed by atoms with E-state index in [1.807, 2.05) is 0 Å². The Morgan fingerprint density at radius 2 is 1.60 bits per heavy atom. The lowest BCUT2D eigenvalue weighted by Crippen LogP contribution is -2.56. The maximum absolute atomic E-state index is 12.5. The summed E-state index contributed by atoms with van der Waals surface area (Å²) in [7, 11) is 0. The van der Waals surface area contributed by atoms with Crippen molar-refractivity contribution in [2.75, 3.05) is 6.54 Å². The smallest absolute Gasteiger partial charge is 0.335 e. The van der Waals surface area contributed by atoms with Crippen LogP contribution in [-0.4, -0.2) is 36.9 Å². The van der Waals surface area contributed by atoms with E-state index in [9.17, 15) is 18.0 Å². The lowest BCUT2D eigenvalue weighted by atomic mass is 9.96. The quantitative estimate of drug-likeness (QED) is 0.732. The molecule has 20 heavy (non-hydrogen) atoms. The van der Waals surface area contributed by atoms with Gasteiger partial charge in [-0.1, -0.05) is 19.3 Å². The van der Waals surface area contributed by atoms with Gasteiger partial charge in [0.05, 0.1) is 0 Å². The lowest BCUT2D eigenvalue weighted by molar-refractivity contribution is -0.160. The number of hydrogen-bond donors (Lipinski definition) is 3. The van der Waals surface area contributed by atoms with Crippen LogP contribution in [0.2, 0.25) is 0 Å². The molecule has 116 valence electrons. The predicted molar refractivity (Wildman–Crippen MR) is 69.4 cm³/mol.